The van der Waals surface area contributed by atoms with E-state index < -0.39 is 6.10 Å². The zero-order valence-electron chi connectivity index (χ0n) is 10.1. The number of nitrogens with one attached hydrogen (secondary N) is 1. The predicted octanol–water partition coefficient (Wildman–Crippen LogP) is 1.06. The largest absolute Gasteiger partial charge is 0.473 e. The van der Waals surface area contributed by atoms with Gasteiger partial charge < -0.3 is 15.2 Å². The lowest BCUT2D eigenvalue weighted by Gasteiger charge is -2.16. The molecule has 17 heavy (non-hydrogen) atoms. The number of aromatic nitrogens is 2. The van der Waals surface area contributed by atoms with Crippen LogP contribution in [0.1, 0.15) is 26.2 Å². The first-order valence-corrected chi connectivity index (χ1v) is 6.76. The van der Waals surface area contributed by atoms with Crippen molar-refractivity contribution in [1.82, 2.24) is 14.1 Å². The molecular formula is C11H19N3O2S. The van der Waals surface area contributed by atoms with Crippen molar-refractivity contribution < 1.29 is 9.84 Å². The maximum atomic E-state index is 9.71. The molecule has 2 N–H and O–H groups in total. The SMILES string of the molecule is CCC1(CNCC(O)COc2cnsn2)CC1. The molecule has 1 aliphatic rings. The predicted molar refractivity (Wildman–Crippen MR) is 66.2 cm³/mol. The number of aliphatic hydroxyl groups excluding tert-OH is 1. The lowest BCUT2D eigenvalue weighted by molar-refractivity contribution is 0.103. The summed E-state index contributed by atoms with van der Waals surface area (Å²) < 4.78 is 13.0. The van der Waals surface area contributed by atoms with Crippen LogP contribution in [0.5, 0.6) is 5.88 Å². The number of nitrogens with zero attached hydrogens (tertiary/aromatic N) is 2. The number of ether oxygens (including phenoxy) is 1. The summed E-state index contributed by atoms with van der Waals surface area (Å²) in [5.41, 5.74) is 0.513. The van der Waals surface area contributed by atoms with E-state index in [1.54, 1.807) is 6.20 Å². The van der Waals surface area contributed by atoms with E-state index in [2.05, 4.69) is 21.0 Å². The molecule has 96 valence electrons. The van der Waals surface area contributed by atoms with E-state index in [1.807, 2.05) is 0 Å². The third kappa shape index (κ3) is 3.90. The Morgan fingerprint density at radius 1 is 1.65 bits per heavy atom. The molecule has 1 aromatic heterocycles. The van der Waals surface area contributed by atoms with Gasteiger partial charge in [0.1, 0.15) is 18.9 Å². The topological polar surface area (TPSA) is 67.3 Å². The second-order valence-electron chi connectivity index (χ2n) is 4.69. The zero-order valence-corrected chi connectivity index (χ0v) is 10.9. The minimum atomic E-state index is -0.496. The van der Waals surface area contributed by atoms with Crippen LogP contribution < -0.4 is 10.1 Å². The first-order valence-electron chi connectivity index (χ1n) is 6.03. The van der Waals surface area contributed by atoms with Crippen molar-refractivity contribution in [3.63, 3.8) is 0 Å². The highest BCUT2D eigenvalue weighted by Crippen LogP contribution is 2.47. The lowest BCUT2D eigenvalue weighted by Crippen LogP contribution is -2.34. The fourth-order valence-corrected chi connectivity index (χ4v) is 2.16. The van der Waals surface area contributed by atoms with Gasteiger partial charge in [-0.2, -0.15) is 4.37 Å². The highest BCUT2D eigenvalue weighted by molar-refractivity contribution is 6.99. The maximum absolute atomic E-state index is 9.71. The summed E-state index contributed by atoms with van der Waals surface area (Å²) >= 11 is 1.10. The molecule has 0 aliphatic heterocycles. The third-order valence-electron chi connectivity index (χ3n) is 3.35. The number of hydrogen-bond acceptors (Lipinski definition) is 6. The molecular weight excluding hydrogens is 238 g/mol. The van der Waals surface area contributed by atoms with Crippen molar-refractivity contribution in [2.45, 2.75) is 32.3 Å². The monoisotopic (exact) mass is 257 g/mol. The van der Waals surface area contributed by atoms with Gasteiger partial charge in [-0.05, 0) is 24.7 Å². The first kappa shape index (κ1) is 12.7. The van der Waals surface area contributed by atoms with Crippen molar-refractivity contribution in [2.24, 2.45) is 5.41 Å². The van der Waals surface area contributed by atoms with Gasteiger partial charge >= 0.3 is 0 Å². The summed E-state index contributed by atoms with van der Waals surface area (Å²) in [6.07, 6.45) is 4.91. The molecule has 0 aromatic carbocycles. The molecule has 1 aromatic rings. The maximum Gasteiger partial charge on any atom is 0.245 e. The van der Waals surface area contributed by atoms with Crippen molar-refractivity contribution in [3.8, 4) is 5.88 Å². The van der Waals surface area contributed by atoms with Crippen LogP contribution in [0.25, 0.3) is 0 Å². The molecule has 0 spiro atoms. The summed E-state index contributed by atoms with van der Waals surface area (Å²) in [7, 11) is 0. The normalized spacial score (nSPS) is 18.9. The molecule has 0 amide bonds. The summed E-state index contributed by atoms with van der Waals surface area (Å²) in [5, 5.41) is 13.0. The molecule has 6 heteroatoms. The van der Waals surface area contributed by atoms with Gasteiger partial charge in [0, 0.05) is 13.1 Å². The summed E-state index contributed by atoms with van der Waals surface area (Å²) in [4.78, 5) is 0. The van der Waals surface area contributed by atoms with Crippen molar-refractivity contribution >= 4 is 11.7 Å². The van der Waals surface area contributed by atoms with Crippen LogP contribution >= 0.6 is 11.7 Å². The fraction of sp³-hybridized carbons (Fsp3) is 0.818. The Balaban J connectivity index is 1.56. The Morgan fingerprint density at radius 3 is 3.06 bits per heavy atom. The first-order chi connectivity index (χ1) is 8.24. The van der Waals surface area contributed by atoms with Crippen LogP contribution in [-0.4, -0.2) is 39.7 Å². The van der Waals surface area contributed by atoms with Crippen LogP contribution in [0, 0.1) is 5.41 Å². The molecule has 1 fully saturated rings. The Labute approximate surface area is 106 Å². The summed E-state index contributed by atoms with van der Waals surface area (Å²) in [6.45, 7) is 4.05. The van der Waals surface area contributed by atoms with E-state index in [-0.39, 0.29) is 6.61 Å². The highest BCUT2D eigenvalue weighted by Gasteiger charge is 2.39. The van der Waals surface area contributed by atoms with E-state index in [4.69, 9.17) is 4.74 Å². The Hall–Kier alpha value is -0.720. The molecule has 0 bridgehead atoms. The molecule has 2 rings (SSSR count). The minimum Gasteiger partial charge on any atom is -0.473 e. The van der Waals surface area contributed by atoms with Gasteiger partial charge in [0.05, 0.1) is 11.7 Å². The number of hydrogen-bond donors (Lipinski definition) is 2. The second-order valence-corrected chi connectivity index (χ2v) is 5.25. The highest BCUT2D eigenvalue weighted by atomic mass is 32.1. The molecule has 0 saturated heterocycles. The Bertz CT molecular complexity index is 327. The van der Waals surface area contributed by atoms with Crippen molar-refractivity contribution in [1.29, 1.82) is 0 Å². The fourth-order valence-electron chi connectivity index (χ4n) is 1.80. The van der Waals surface area contributed by atoms with E-state index in [0.717, 1.165) is 18.3 Å². The van der Waals surface area contributed by atoms with E-state index in [9.17, 15) is 5.11 Å². The van der Waals surface area contributed by atoms with Gasteiger partial charge in [-0.25, -0.2) is 0 Å². The molecule has 1 unspecified atom stereocenters. The summed E-state index contributed by atoms with van der Waals surface area (Å²) in [6, 6.07) is 0. The molecule has 1 heterocycles. The van der Waals surface area contributed by atoms with Gasteiger partial charge in [-0.1, -0.05) is 6.92 Å². The van der Waals surface area contributed by atoms with Gasteiger partial charge in [-0.3, -0.25) is 0 Å². The van der Waals surface area contributed by atoms with Gasteiger partial charge in [0.2, 0.25) is 5.88 Å². The zero-order chi connectivity index (χ0) is 12.1. The van der Waals surface area contributed by atoms with Crippen molar-refractivity contribution in [3.05, 3.63) is 6.20 Å². The second kappa shape index (κ2) is 5.75. The van der Waals surface area contributed by atoms with Gasteiger partial charge in [0.25, 0.3) is 0 Å². The molecule has 1 aliphatic carbocycles. The molecule has 5 nitrogen and oxygen atoms in total. The van der Waals surface area contributed by atoms with Crippen LogP contribution in [0.15, 0.2) is 6.20 Å². The Kier molecular flexibility index (Phi) is 4.31. The number of rotatable bonds is 8. The molecule has 0 radical (unpaired) electrons. The van der Waals surface area contributed by atoms with Gasteiger partial charge in [0.15, 0.2) is 0 Å². The lowest BCUT2D eigenvalue weighted by atomic mass is 10.0. The standard InChI is InChI=1S/C11H19N3O2S/c1-2-11(3-4-11)8-12-5-9(15)7-16-10-6-13-17-14-10/h6,9,12,15H,2-5,7-8H2,1H3. The van der Waals surface area contributed by atoms with Crippen LogP contribution in [0.2, 0.25) is 0 Å². The molecule has 1 saturated carbocycles. The van der Waals surface area contributed by atoms with Crippen molar-refractivity contribution in [2.75, 3.05) is 19.7 Å². The van der Waals surface area contributed by atoms with Crippen LogP contribution in [-0.2, 0) is 0 Å². The molecule has 1 atom stereocenters. The Morgan fingerprint density at radius 2 is 2.47 bits per heavy atom. The van der Waals surface area contributed by atoms with Gasteiger partial charge in [-0.15, -0.1) is 4.37 Å². The quantitative estimate of drug-likeness (QED) is 0.729. The number of aliphatic hydroxyl groups is 1. The average molecular weight is 257 g/mol. The summed E-state index contributed by atoms with van der Waals surface area (Å²) in [5.74, 6) is 0.487. The smallest absolute Gasteiger partial charge is 0.245 e. The van der Waals surface area contributed by atoms with E-state index in [1.165, 1.54) is 19.3 Å². The minimum absolute atomic E-state index is 0.261. The third-order valence-corrected chi connectivity index (χ3v) is 3.81. The van der Waals surface area contributed by atoms with E-state index in [0.29, 0.717) is 17.8 Å². The van der Waals surface area contributed by atoms with Crippen LogP contribution in [0.3, 0.4) is 0 Å². The van der Waals surface area contributed by atoms with Crippen LogP contribution in [0.4, 0.5) is 0 Å². The van der Waals surface area contributed by atoms with E-state index >= 15 is 0 Å². The average Bonchev–Trinajstić information content (AvgIpc) is 2.92.